The van der Waals surface area contributed by atoms with Crippen molar-refractivity contribution in [2.75, 3.05) is 13.1 Å². The highest BCUT2D eigenvalue weighted by Gasteiger charge is 2.32. The smallest absolute Gasteiger partial charge is 0.274 e. The second kappa shape index (κ2) is 4.61. The van der Waals surface area contributed by atoms with E-state index in [1.54, 1.807) is 13.8 Å². The minimum Gasteiger partial charge on any atom is -0.274 e. The van der Waals surface area contributed by atoms with Gasteiger partial charge in [-0.05, 0) is 12.5 Å². The van der Waals surface area contributed by atoms with E-state index in [4.69, 9.17) is 0 Å². The molecule has 1 heterocycles. The molecule has 0 aromatic heterocycles. The first-order valence-corrected chi connectivity index (χ1v) is 7.13. The Bertz CT molecular complexity index is 679. The predicted octanol–water partition coefficient (Wildman–Crippen LogP) is 0.626. The Morgan fingerprint density at radius 2 is 2.05 bits per heavy atom. The lowest BCUT2D eigenvalue weighted by atomic mass is 10.2. The molecule has 1 aromatic carbocycles. The molecule has 0 amide bonds. The molecule has 0 fully saturated rings. The van der Waals surface area contributed by atoms with Gasteiger partial charge < -0.3 is 0 Å². The van der Waals surface area contributed by atoms with Gasteiger partial charge in [-0.25, -0.2) is 0 Å². The number of non-ortho nitro benzene ring substituents is 1. The molecule has 102 valence electrons. The first-order chi connectivity index (χ1) is 8.84. The highest BCUT2D eigenvalue weighted by molar-refractivity contribution is 7.85. The number of aryl methyl sites for hydroxylation is 1. The Balaban J connectivity index is 2.61. The summed E-state index contributed by atoms with van der Waals surface area (Å²) in [5.74, 6) is 0.533. The normalized spacial score (nSPS) is 15.5. The first-order valence-electron chi connectivity index (χ1n) is 5.69. The van der Waals surface area contributed by atoms with Crippen LogP contribution in [0.5, 0.6) is 0 Å². The van der Waals surface area contributed by atoms with Crippen molar-refractivity contribution >= 4 is 21.5 Å². The van der Waals surface area contributed by atoms with Crippen LogP contribution in [0.4, 0.5) is 5.69 Å². The summed E-state index contributed by atoms with van der Waals surface area (Å²) in [5.41, 5.74) is 0.263. The highest BCUT2D eigenvalue weighted by atomic mass is 32.2. The molecule has 0 saturated carbocycles. The topological polar surface area (TPSA) is 92.3 Å². The Hall–Kier alpha value is -1.96. The van der Waals surface area contributed by atoms with E-state index >= 15 is 0 Å². The van der Waals surface area contributed by atoms with E-state index in [2.05, 4.69) is 5.32 Å². The summed E-state index contributed by atoms with van der Waals surface area (Å²) in [6.45, 7) is 4.15. The highest BCUT2D eigenvalue weighted by Crippen LogP contribution is 2.23. The van der Waals surface area contributed by atoms with E-state index in [0.717, 1.165) is 6.07 Å². The number of hydrogen-bond acceptors (Lipinski definition) is 5. The average Bonchev–Trinajstić information content (AvgIpc) is 2.76. The van der Waals surface area contributed by atoms with Crippen molar-refractivity contribution in [3.63, 3.8) is 0 Å². The van der Waals surface area contributed by atoms with Crippen LogP contribution in [-0.4, -0.2) is 36.2 Å². The number of nitrogens with zero attached hydrogens (tertiary/aromatic N) is 2. The number of benzene rings is 1. The minimum absolute atomic E-state index is 0.0234. The number of amidine groups is 1. The van der Waals surface area contributed by atoms with Crippen LogP contribution in [0.25, 0.3) is 0 Å². The number of rotatable bonds is 3. The van der Waals surface area contributed by atoms with Crippen LogP contribution in [0.15, 0.2) is 23.1 Å². The van der Waals surface area contributed by atoms with E-state index in [1.807, 2.05) is 0 Å². The summed E-state index contributed by atoms with van der Waals surface area (Å²) in [5, 5.41) is 13.7. The number of nitro groups is 1. The van der Waals surface area contributed by atoms with Crippen LogP contribution in [0.2, 0.25) is 0 Å². The third-order valence-electron chi connectivity index (χ3n) is 3.02. The van der Waals surface area contributed by atoms with Gasteiger partial charge in [-0.3, -0.25) is 15.4 Å². The maximum Gasteiger partial charge on any atom is 0.331 e. The van der Waals surface area contributed by atoms with Crippen molar-refractivity contribution < 1.29 is 17.3 Å². The molecule has 1 aliphatic rings. The van der Waals surface area contributed by atoms with Crippen molar-refractivity contribution in [1.82, 2.24) is 5.32 Å². The predicted molar refractivity (Wildman–Crippen MR) is 68.8 cm³/mol. The Kier molecular flexibility index (Phi) is 3.27. The van der Waals surface area contributed by atoms with Crippen LogP contribution in [0.1, 0.15) is 12.5 Å². The van der Waals surface area contributed by atoms with Crippen LogP contribution in [0.3, 0.4) is 0 Å². The molecule has 8 heteroatoms. The van der Waals surface area contributed by atoms with Crippen LogP contribution in [-0.2, 0) is 10.0 Å². The molecular weight excluding hydrogens is 270 g/mol. The standard InChI is InChI=1S/C11H13N3O4S/c1-8-3-4-10(14(15)16)7-11(8)19(17,18)13-6-5-12-9(13)2/h3-4,7H,5-6H2,1-2H3/p+1. The molecule has 0 aliphatic carbocycles. The van der Waals surface area contributed by atoms with Crippen LogP contribution >= 0.6 is 0 Å². The largest absolute Gasteiger partial charge is 0.331 e. The summed E-state index contributed by atoms with van der Waals surface area (Å²) in [7, 11) is -3.75. The average molecular weight is 284 g/mol. The van der Waals surface area contributed by atoms with E-state index in [0.29, 0.717) is 24.5 Å². The van der Waals surface area contributed by atoms with Crippen molar-refractivity contribution in [1.29, 1.82) is 0 Å². The summed E-state index contributed by atoms with van der Waals surface area (Å²) in [6.07, 6.45) is 0. The van der Waals surface area contributed by atoms with Gasteiger partial charge in [0.15, 0.2) is 0 Å². The zero-order valence-electron chi connectivity index (χ0n) is 10.6. The number of sulfonamides is 1. The van der Waals surface area contributed by atoms with Crippen molar-refractivity contribution in [3.8, 4) is 0 Å². The lowest BCUT2D eigenvalue weighted by molar-refractivity contribution is -0.385. The van der Waals surface area contributed by atoms with E-state index in [9.17, 15) is 18.5 Å². The summed E-state index contributed by atoms with van der Waals surface area (Å²) in [4.78, 5) is 10.1. The van der Waals surface area contributed by atoms with E-state index in [-0.39, 0.29) is 10.6 Å². The molecule has 0 atom stereocenters. The molecule has 19 heavy (non-hydrogen) atoms. The number of nitro benzene ring substituents is 1. The summed E-state index contributed by atoms with van der Waals surface area (Å²) >= 11 is 0. The van der Waals surface area contributed by atoms with Gasteiger partial charge >= 0.3 is 10.0 Å². The molecule has 2 rings (SSSR count). The fourth-order valence-electron chi connectivity index (χ4n) is 1.99. The maximum atomic E-state index is 12.5. The molecule has 0 bridgehead atoms. The molecule has 1 aliphatic heterocycles. The van der Waals surface area contributed by atoms with Gasteiger partial charge in [0.1, 0.15) is 18.0 Å². The van der Waals surface area contributed by atoms with E-state index < -0.39 is 14.9 Å². The molecule has 0 saturated heterocycles. The monoisotopic (exact) mass is 284 g/mol. The SMILES string of the molecule is CC1=[N+](S(=O)(=O)c2cc([N+](=O)[O-])ccc2C)CCN1. The lowest BCUT2D eigenvalue weighted by Crippen LogP contribution is -2.25. The second-order valence-corrected chi connectivity index (χ2v) is 6.13. The lowest BCUT2D eigenvalue weighted by Gasteiger charge is -2.07. The maximum absolute atomic E-state index is 12.5. The fraction of sp³-hybridized carbons (Fsp3) is 0.364. The third-order valence-corrected chi connectivity index (χ3v) is 5.05. The Morgan fingerprint density at radius 3 is 2.58 bits per heavy atom. The summed E-state index contributed by atoms with van der Waals surface area (Å²) in [6, 6.07) is 3.85. The molecule has 1 aromatic rings. The molecule has 0 radical (unpaired) electrons. The van der Waals surface area contributed by atoms with Gasteiger partial charge in [-0.2, -0.15) is 8.42 Å². The zero-order valence-corrected chi connectivity index (χ0v) is 11.4. The molecule has 1 N–H and O–H groups in total. The summed E-state index contributed by atoms with van der Waals surface area (Å²) < 4.78 is 26.2. The first kappa shape index (κ1) is 13.5. The van der Waals surface area contributed by atoms with Crippen molar-refractivity contribution in [3.05, 3.63) is 33.9 Å². The number of nitrogens with one attached hydrogen (secondary N) is 1. The fourth-order valence-corrected chi connectivity index (χ4v) is 3.73. The van der Waals surface area contributed by atoms with Crippen molar-refractivity contribution in [2.45, 2.75) is 18.7 Å². The molecule has 0 spiro atoms. The van der Waals surface area contributed by atoms with Crippen LogP contribution in [0, 0.1) is 17.0 Å². The van der Waals surface area contributed by atoms with Gasteiger partial charge in [0.2, 0.25) is 0 Å². The quantitative estimate of drug-likeness (QED) is 0.499. The molecular formula is C11H14N3O4S+. The molecule has 0 unspecified atom stereocenters. The van der Waals surface area contributed by atoms with Gasteiger partial charge in [-0.15, -0.1) is 3.98 Å². The third kappa shape index (κ3) is 2.30. The minimum atomic E-state index is -3.75. The second-order valence-electron chi connectivity index (χ2n) is 4.30. The van der Waals surface area contributed by atoms with Gasteiger partial charge in [0, 0.05) is 19.1 Å². The Labute approximate surface area is 110 Å². The van der Waals surface area contributed by atoms with Gasteiger partial charge in [-0.1, -0.05) is 6.07 Å². The van der Waals surface area contributed by atoms with Gasteiger partial charge in [0.05, 0.1) is 4.92 Å². The van der Waals surface area contributed by atoms with Crippen molar-refractivity contribution in [2.24, 2.45) is 0 Å². The molecule has 7 nitrogen and oxygen atoms in total. The van der Waals surface area contributed by atoms with Gasteiger partial charge in [0.25, 0.3) is 11.5 Å². The Morgan fingerprint density at radius 1 is 1.37 bits per heavy atom. The van der Waals surface area contributed by atoms with E-state index in [1.165, 1.54) is 16.1 Å². The van der Waals surface area contributed by atoms with Crippen LogP contribution < -0.4 is 5.32 Å². The zero-order chi connectivity index (χ0) is 14.2. The number of hydrogen-bond donors (Lipinski definition) is 1.